The maximum atomic E-state index is 10.3. The van der Waals surface area contributed by atoms with E-state index in [0.717, 1.165) is 0 Å². The van der Waals surface area contributed by atoms with Crippen molar-refractivity contribution in [3.8, 4) is 0 Å². The normalized spacial score (nSPS) is 17.8. The Hall–Kier alpha value is -1.13. The predicted octanol–water partition coefficient (Wildman–Crippen LogP) is 1.01. The van der Waals surface area contributed by atoms with E-state index in [1.54, 1.807) is 12.1 Å². The van der Waals surface area contributed by atoms with Crippen LogP contribution in [-0.2, 0) is 15.9 Å². The quantitative estimate of drug-likeness (QED) is 0.654. The number of rotatable bonds is 3. The minimum absolute atomic E-state index is 0.217. The summed E-state index contributed by atoms with van der Waals surface area (Å²) in [5, 5.41) is 0. The minimum Gasteiger partial charge on any atom is -0.458 e. The molecule has 4 nitrogen and oxygen atoms in total. The van der Waals surface area contributed by atoms with E-state index in [0.29, 0.717) is 37.4 Å². The molecule has 0 aromatic carbocycles. The maximum absolute atomic E-state index is 10.3. The molecule has 0 spiro atoms. The van der Waals surface area contributed by atoms with E-state index in [9.17, 15) is 4.79 Å². The van der Waals surface area contributed by atoms with E-state index in [1.165, 1.54) is 0 Å². The van der Waals surface area contributed by atoms with Crippen molar-refractivity contribution in [2.24, 2.45) is 0 Å². The van der Waals surface area contributed by atoms with Crippen LogP contribution in [0.4, 0.5) is 0 Å². The van der Waals surface area contributed by atoms with Gasteiger partial charge < -0.3 is 13.9 Å². The highest BCUT2D eigenvalue weighted by atomic mass is 16.7. The molecule has 2 heterocycles. The van der Waals surface area contributed by atoms with E-state index in [-0.39, 0.29) is 6.29 Å². The summed E-state index contributed by atoms with van der Waals surface area (Å²) in [5.41, 5.74) is 0. The van der Waals surface area contributed by atoms with Gasteiger partial charge in [-0.25, -0.2) is 0 Å². The van der Waals surface area contributed by atoms with Gasteiger partial charge >= 0.3 is 0 Å². The fraction of sp³-hybridized carbons (Fsp3) is 0.444. The highest BCUT2D eigenvalue weighted by Gasteiger charge is 2.17. The molecule has 1 aromatic rings. The third kappa shape index (κ3) is 1.96. The van der Waals surface area contributed by atoms with Crippen molar-refractivity contribution >= 4 is 6.29 Å². The molecular weight excluding hydrogens is 172 g/mol. The average Bonchev–Trinajstić information content (AvgIpc) is 2.76. The fourth-order valence-corrected chi connectivity index (χ4v) is 1.26. The van der Waals surface area contributed by atoms with Gasteiger partial charge in [0.15, 0.2) is 18.3 Å². The lowest BCUT2D eigenvalue weighted by atomic mass is 10.3. The number of ether oxygens (including phenoxy) is 2. The van der Waals surface area contributed by atoms with Crippen molar-refractivity contribution < 1.29 is 18.7 Å². The van der Waals surface area contributed by atoms with E-state index in [2.05, 4.69) is 0 Å². The van der Waals surface area contributed by atoms with Gasteiger partial charge in [-0.05, 0) is 12.1 Å². The Labute approximate surface area is 75.4 Å². The second kappa shape index (κ2) is 3.72. The molecule has 0 atom stereocenters. The molecule has 13 heavy (non-hydrogen) atoms. The molecule has 2 rings (SSSR count). The number of carbonyl (C=O) groups excluding carboxylic acids is 1. The molecule has 0 saturated carbocycles. The lowest BCUT2D eigenvalue weighted by molar-refractivity contribution is -0.0430. The second-order valence-electron chi connectivity index (χ2n) is 2.80. The smallest absolute Gasteiger partial charge is 0.185 e. The van der Waals surface area contributed by atoms with E-state index >= 15 is 0 Å². The van der Waals surface area contributed by atoms with E-state index < -0.39 is 0 Å². The van der Waals surface area contributed by atoms with Crippen LogP contribution in [0.25, 0.3) is 0 Å². The first-order chi connectivity index (χ1) is 6.38. The van der Waals surface area contributed by atoms with Gasteiger partial charge in [-0.3, -0.25) is 4.79 Å². The van der Waals surface area contributed by atoms with Gasteiger partial charge in [0.1, 0.15) is 5.76 Å². The van der Waals surface area contributed by atoms with Crippen LogP contribution in [0.3, 0.4) is 0 Å². The van der Waals surface area contributed by atoms with E-state index in [4.69, 9.17) is 13.9 Å². The molecule has 4 heteroatoms. The van der Waals surface area contributed by atoms with Crippen molar-refractivity contribution in [3.05, 3.63) is 23.7 Å². The summed E-state index contributed by atoms with van der Waals surface area (Å²) in [6, 6.07) is 3.39. The van der Waals surface area contributed by atoms with Gasteiger partial charge in [-0.1, -0.05) is 0 Å². The maximum Gasteiger partial charge on any atom is 0.185 e. The van der Waals surface area contributed by atoms with Gasteiger partial charge in [-0.15, -0.1) is 0 Å². The Balaban J connectivity index is 1.96. The number of hydrogen-bond donors (Lipinski definition) is 0. The number of carbonyl (C=O) groups is 1. The standard InChI is InChI=1S/C9H10O4/c10-6-8-2-1-7(13-8)5-9-11-3-4-12-9/h1-2,6,9H,3-5H2. The Morgan fingerprint density at radius 1 is 1.38 bits per heavy atom. The Bertz CT molecular complexity index is 286. The molecule has 0 unspecified atom stereocenters. The minimum atomic E-state index is -0.217. The summed E-state index contributed by atoms with van der Waals surface area (Å²) in [6.45, 7) is 1.26. The molecule has 1 fully saturated rings. The lowest BCUT2D eigenvalue weighted by Gasteiger charge is -2.05. The van der Waals surface area contributed by atoms with Crippen LogP contribution < -0.4 is 0 Å². The molecule has 70 valence electrons. The zero-order valence-corrected chi connectivity index (χ0v) is 7.06. The summed E-state index contributed by atoms with van der Waals surface area (Å²) in [5.74, 6) is 1.06. The predicted molar refractivity (Wildman–Crippen MR) is 43.5 cm³/mol. The Kier molecular flexibility index (Phi) is 2.42. The summed E-state index contributed by atoms with van der Waals surface area (Å²) < 4.78 is 15.6. The molecule has 0 amide bonds. The SMILES string of the molecule is O=Cc1ccc(CC2OCCO2)o1. The van der Waals surface area contributed by atoms with E-state index in [1.807, 2.05) is 0 Å². The molecule has 1 saturated heterocycles. The summed E-state index contributed by atoms with van der Waals surface area (Å²) >= 11 is 0. The topological polar surface area (TPSA) is 48.7 Å². The van der Waals surface area contributed by atoms with Crippen molar-refractivity contribution in [3.63, 3.8) is 0 Å². The van der Waals surface area contributed by atoms with Gasteiger partial charge in [0.25, 0.3) is 0 Å². The zero-order valence-electron chi connectivity index (χ0n) is 7.06. The first-order valence-electron chi connectivity index (χ1n) is 4.15. The van der Waals surface area contributed by atoms with Gasteiger partial charge in [0.2, 0.25) is 0 Å². The Morgan fingerprint density at radius 3 is 2.77 bits per heavy atom. The second-order valence-corrected chi connectivity index (χ2v) is 2.80. The van der Waals surface area contributed by atoms with Crippen LogP contribution in [0.15, 0.2) is 16.5 Å². The van der Waals surface area contributed by atoms with Crippen LogP contribution in [0, 0.1) is 0 Å². The Morgan fingerprint density at radius 2 is 2.15 bits per heavy atom. The number of hydrogen-bond acceptors (Lipinski definition) is 4. The zero-order chi connectivity index (χ0) is 9.10. The molecule has 0 bridgehead atoms. The van der Waals surface area contributed by atoms with Gasteiger partial charge in [0, 0.05) is 0 Å². The monoisotopic (exact) mass is 182 g/mol. The summed E-state index contributed by atoms with van der Waals surface area (Å²) in [6.07, 6.45) is 1.03. The lowest BCUT2D eigenvalue weighted by Crippen LogP contribution is -2.10. The van der Waals surface area contributed by atoms with Crippen LogP contribution in [0.1, 0.15) is 16.3 Å². The van der Waals surface area contributed by atoms with Gasteiger partial charge in [0.05, 0.1) is 19.6 Å². The average molecular weight is 182 g/mol. The highest BCUT2D eigenvalue weighted by molar-refractivity contribution is 5.70. The summed E-state index contributed by atoms with van der Waals surface area (Å²) in [4.78, 5) is 10.3. The largest absolute Gasteiger partial charge is 0.458 e. The van der Waals surface area contributed by atoms with Crippen molar-refractivity contribution in [1.82, 2.24) is 0 Å². The van der Waals surface area contributed by atoms with Crippen molar-refractivity contribution in [2.75, 3.05) is 13.2 Å². The molecule has 1 aliphatic heterocycles. The molecule has 0 radical (unpaired) electrons. The van der Waals surface area contributed by atoms with Crippen LogP contribution in [0.2, 0.25) is 0 Å². The van der Waals surface area contributed by atoms with Gasteiger partial charge in [-0.2, -0.15) is 0 Å². The van der Waals surface area contributed by atoms with Crippen molar-refractivity contribution in [1.29, 1.82) is 0 Å². The first kappa shape index (κ1) is 8.47. The molecule has 1 aromatic heterocycles. The molecule has 0 N–H and O–H groups in total. The third-order valence-corrected chi connectivity index (χ3v) is 1.86. The van der Waals surface area contributed by atoms with Crippen LogP contribution in [0.5, 0.6) is 0 Å². The first-order valence-corrected chi connectivity index (χ1v) is 4.15. The molecule has 1 aliphatic rings. The number of aldehydes is 1. The fourth-order valence-electron chi connectivity index (χ4n) is 1.26. The highest BCUT2D eigenvalue weighted by Crippen LogP contribution is 2.13. The number of furan rings is 1. The summed E-state index contributed by atoms with van der Waals surface area (Å²) in [7, 11) is 0. The third-order valence-electron chi connectivity index (χ3n) is 1.86. The van der Waals surface area contributed by atoms with Crippen LogP contribution in [-0.4, -0.2) is 25.8 Å². The molecular formula is C9H10O4. The van der Waals surface area contributed by atoms with Crippen molar-refractivity contribution in [2.45, 2.75) is 12.7 Å². The van der Waals surface area contributed by atoms with Crippen LogP contribution >= 0.6 is 0 Å². The molecule has 0 aliphatic carbocycles.